The van der Waals surface area contributed by atoms with Crippen molar-refractivity contribution in [2.75, 3.05) is 6.61 Å². The number of rotatable bonds is 8. The Labute approximate surface area is 198 Å². The Kier molecular flexibility index (Phi) is 8.84. The molecule has 0 heterocycles. The number of carbonyl (C=O) groups is 2. The van der Waals surface area contributed by atoms with Gasteiger partial charge < -0.3 is 15.0 Å². The van der Waals surface area contributed by atoms with E-state index in [1.165, 1.54) is 11.0 Å². The molecular formula is C25H32BrFN2O3. The smallest absolute Gasteiger partial charge is 0.261 e. The molecule has 174 valence electrons. The largest absolute Gasteiger partial charge is 0.483 e. The monoisotopic (exact) mass is 506 g/mol. The molecule has 2 aromatic rings. The molecule has 0 aliphatic rings. The van der Waals surface area contributed by atoms with Crippen LogP contribution in [-0.2, 0) is 21.5 Å². The molecule has 0 aliphatic heterocycles. The first-order valence-corrected chi connectivity index (χ1v) is 11.5. The van der Waals surface area contributed by atoms with Crippen molar-refractivity contribution >= 4 is 27.7 Å². The van der Waals surface area contributed by atoms with Gasteiger partial charge in [-0.15, -0.1) is 0 Å². The molecule has 0 radical (unpaired) electrons. The summed E-state index contributed by atoms with van der Waals surface area (Å²) in [7, 11) is 0. The van der Waals surface area contributed by atoms with Crippen molar-refractivity contribution in [3.8, 4) is 5.75 Å². The summed E-state index contributed by atoms with van der Waals surface area (Å²) < 4.78 is 20.8. The number of ether oxygens (including phenoxy) is 1. The molecule has 5 nitrogen and oxygen atoms in total. The minimum Gasteiger partial charge on any atom is -0.483 e. The third-order valence-corrected chi connectivity index (χ3v) is 5.67. The number of hydrogen-bond donors (Lipinski definition) is 1. The van der Waals surface area contributed by atoms with Crippen LogP contribution >= 0.6 is 15.9 Å². The van der Waals surface area contributed by atoms with E-state index in [4.69, 9.17) is 4.74 Å². The third-order valence-electron chi connectivity index (χ3n) is 5.05. The first kappa shape index (κ1) is 25.8. The summed E-state index contributed by atoms with van der Waals surface area (Å²) in [5.74, 6) is -0.619. The maximum atomic E-state index is 14.2. The Morgan fingerprint density at radius 2 is 1.78 bits per heavy atom. The summed E-state index contributed by atoms with van der Waals surface area (Å²) in [6.07, 6.45) is 0. The van der Waals surface area contributed by atoms with E-state index >= 15 is 0 Å². The number of amides is 2. The molecule has 0 saturated heterocycles. The molecule has 0 fully saturated rings. The lowest BCUT2D eigenvalue weighted by molar-refractivity contribution is -0.142. The van der Waals surface area contributed by atoms with E-state index in [0.29, 0.717) is 11.3 Å². The van der Waals surface area contributed by atoms with Gasteiger partial charge in [-0.05, 0) is 65.9 Å². The van der Waals surface area contributed by atoms with Crippen molar-refractivity contribution in [3.63, 3.8) is 0 Å². The third kappa shape index (κ3) is 7.05. The van der Waals surface area contributed by atoms with E-state index in [0.717, 1.165) is 10.0 Å². The van der Waals surface area contributed by atoms with Gasteiger partial charge in [-0.25, -0.2) is 4.39 Å². The zero-order chi connectivity index (χ0) is 24.1. The molecule has 0 spiro atoms. The molecule has 1 N–H and O–H groups in total. The average Bonchev–Trinajstić information content (AvgIpc) is 2.70. The maximum absolute atomic E-state index is 14.2. The average molecular weight is 507 g/mol. The summed E-state index contributed by atoms with van der Waals surface area (Å²) in [6.45, 7) is 11.3. The van der Waals surface area contributed by atoms with Crippen LogP contribution < -0.4 is 10.1 Å². The molecule has 1 atom stereocenters. The van der Waals surface area contributed by atoms with Gasteiger partial charge >= 0.3 is 0 Å². The van der Waals surface area contributed by atoms with Crippen molar-refractivity contribution in [2.24, 2.45) is 0 Å². The predicted molar refractivity (Wildman–Crippen MR) is 128 cm³/mol. The number of nitrogens with zero attached hydrogens (tertiary/aromatic N) is 1. The van der Waals surface area contributed by atoms with Gasteiger partial charge in [-0.2, -0.15) is 0 Å². The Morgan fingerprint density at radius 1 is 1.12 bits per heavy atom. The number of halogens is 2. The van der Waals surface area contributed by atoms with Crippen molar-refractivity contribution in [1.82, 2.24) is 10.2 Å². The van der Waals surface area contributed by atoms with Crippen molar-refractivity contribution in [2.45, 2.75) is 65.6 Å². The van der Waals surface area contributed by atoms with E-state index in [2.05, 4.69) is 42.0 Å². The van der Waals surface area contributed by atoms with Gasteiger partial charge in [0.1, 0.15) is 17.6 Å². The van der Waals surface area contributed by atoms with Gasteiger partial charge in [0.2, 0.25) is 5.91 Å². The summed E-state index contributed by atoms with van der Waals surface area (Å²) in [5.41, 5.74) is 1.44. The fourth-order valence-corrected chi connectivity index (χ4v) is 3.60. The van der Waals surface area contributed by atoms with Crippen LogP contribution in [0.15, 0.2) is 46.9 Å². The number of carbonyl (C=O) groups excluding carboxylic acids is 2. The van der Waals surface area contributed by atoms with Gasteiger partial charge in [0.25, 0.3) is 5.91 Å². The molecule has 2 rings (SSSR count). The van der Waals surface area contributed by atoms with E-state index in [-0.39, 0.29) is 30.5 Å². The fourth-order valence-electron chi connectivity index (χ4n) is 3.10. The second-order valence-corrected chi connectivity index (χ2v) is 9.99. The molecule has 0 bridgehead atoms. The van der Waals surface area contributed by atoms with Gasteiger partial charge in [0.15, 0.2) is 6.61 Å². The van der Waals surface area contributed by atoms with Crippen LogP contribution in [0.5, 0.6) is 5.75 Å². The fraction of sp³-hybridized carbons (Fsp3) is 0.440. The molecule has 32 heavy (non-hydrogen) atoms. The van der Waals surface area contributed by atoms with Gasteiger partial charge in [-0.1, -0.05) is 45.0 Å². The summed E-state index contributed by atoms with van der Waals surface area (Å²) in [4.78, 5) is 27.0. The van der Waals surface area contributed by atoms with Crippen molar-refractivity contribution in [1.29, 1.82) is 0 Å². The first-order valence-electron chi connectivity index (χ1n) is 10.7. The zero-order valence-corrected chi connectivity index (χ0v) is 21.1. The Bertz CT molecular complexity index is 956. The second-order valence-electron chi connectivity index (χ2n) is 9.14. The summed E-state index contributed by atoms with van der Waals surface area (Å²) in [5, 5.41) is 2.81. The number of benzene rings is 2. The second kappa shape index (κ2) is 10.9. The highest BCUT2D eigenvalue weighted by Crippen LogP contribution is 2.31. The van der Waals surface area contributed by atoms with Crippen LogP contribution in [-0.4, -0.2) is 35.4 Å². The lowest BCUT2D eigenvalue weighted by Gasteiger charge is -2.29. The van der Waals surface area contributed by atoms with Crippen molar-refractivity contribution in [3.05, 3.63) is 63.9 Å². The lowest BCUT2D eigenvalue weighted by atomic mass is 9.87. The minimum absolute atomic E-state index is 0.0212. The van der Waals surface area contributed by atoms with Crippen LogP contribution in [0.4, 0.5) is 4.39 Å². The first-order chi connectivity index (χ1) is 14.9. The SMILES string of the molecule is CC(C)NC(=O)C(C)N(Cc1ccccc1F)C(=O)COc1ccc(C(C)(C)C)cc1Br. The molecule has 2 amide bonds. The van der Waals surface area contributed by atoms with Crippen LogP contribution in [0.2, 0.25) is 0 Å². The van der Waals surface area contributed by atoms with Crippen molar-refractivity contribution < 1.29 is 18.7 Å². The van der Waals surface area contributed by atoms with Crippen LogP contribution in [0.1, 0.15) is 52.7 Å². The highest BCUT2D eigenvalue weighted by molar-refractivity contribution is 9.10. The van der Waals surface area contributed by atoms with Gasteiger partial charge in [0, 0.05) is 18.2 Å². The van der Waals surface area contributed by atoms with Crippen LogP contribution in [0.3, 0.4) is 0 Å². The Balaban J connectivity index is 2.20. The van der Waals surface area contributed by atoms with E-state index < -0.39 is 17.8 Å². The summed E-state index contributed by atoms with van der Waals surface area (Å²) in [6, 6.07) is 11.1. The standard InChI is InChI=1S/C25H32BrFN2O3/c1-16(2)28-24(31)17(3)29(14-18-9-7-8-10-21(18)27)23(30)15-32-22-12-11-19(13-20(22)26)25(4,5)6/h7-13,16-17H,14-15H2,1-6H3,(H,28,31). The predicted octanol–water partition coefficient (Wildman–Crippen LogP) is 5.21. The molecule has 1 unspecified atom stereocenters. The quantitative estimate of drug-likeness (QED) is 0.534. The van der Waals surface area contributed by atoms with Gasteiger partial charge in [0.05, 0.1) is 4.47 Å². The lowest BCUT2D eigenvalue weighted by Crippen LogP contribution is -2.50. The van der Waals surface area contributed by atoms with Crippen LogP contribution in [0, 0.1) is 5.82 Å². The zero-order valence-electron chi connectivity index (χ0n) is 19.5. The van der Waals surface area contributed by atoms with E-state index in [1.54, 1.807) is 25.1 Å². The number of hydrogen-bond acceptors (Lipinski definition) is 3. The molecular weight excluding hydrogens is 475 g/mol. The van der Waals surface area contributed by atoms with Gasteiger partial charge in [-0.3, -0.25) is 9.59 Å². The normalized spacial score (nSPS) is 12.4. The molecule has 0 aliphatic carbocycles. The van der Waals surface area contributed by atoms with E-state index in [9.17, 15) is 14.0 Å². The molecule has 7 heteroatoms. The number of nitrogens with one attached hydrogen (secondary N) is 1. The highest BCUT2D eigenvalue weighted by Gasteiger charge is 2.28. The summed E-state index contributed by atoms with van der Waals surface area (Å²) >= 11 is 3.51. The molecule has 0 saturated carbocycles. The minimum atomic E-state index is -0.792. The topological polar surface area (TPSA) is 58.6 Å². The van der Waals surface area contributed by atoms with Crippen LogP contribution in [0.25, 0.3) is 0 Å². The maximum Gasteiger partial charge on any atom is 0.261 e. The highest BCUT2D eigenvalue weighted by atomic mass is 79.9. The molecule has 2 aromatic carbocycles. The molecule has 0 aromatic heterocycles. The van der Waals surface area contributed by atoms with E-state index in [1.807, 2.05) is 32.0 Å². The Hall–Kier alpha value is -2.41. The Morgan fingerprint density at radius 3 is 2.34 bits per heavy atom.